The van der Waals surface area contributed by atoms with Gasteiger partial charge < -0.3 is 4.74 Å². The van der Waals surface area contributed by atoms with Crippen LogP contribution in [0.3, 0.4) is 0 Å². The molecule has 0 unspecified atom stereocenters. The Labute approximate surface area is 117 Å². The van der Waals surface area contributed by atoms with Crippen molar-refractivity contribution in [2.45, 2.75) is 6.54 Å². The molecule has 0 N–H and O–H groups in total. The first-order valence-electron chi connectivity index (χ1n) is 6.39. The Kier molecular flexibility index (Phi) is 3.21. The molecule has 0 spiro atoms. The topological polar surface area (TPSA) is 39.9 Å². The number of para-hydroxylation sites is 1. The zero-order valence-electron chi connectivity index (χ0n) is 11.3. The van der Waals surface area contributed by atoms with E-state index in [1.807, 2.05) is 47.2 Å². The molecule has 3 rings (SSSR count). The monoisotopic (exact) mass is 265 g/mol. The van der Waals surface area contributed by atoms with Crippen molar-refractivity contribution < 1.29 is 4.74 Å². The number of methoxy groups -OCH3 is 1. The summed E-state index contributed by atoms with van der Waals surface area (Å²) in [6, 6.07) is 13.9. The normalized spacial score (nSPS) is 10.7. The summed E-state index contributed by atoms with van der Waals surface area (Å²) in [7, 11) is 1.67. The van der Waals surface area contributed by atoms with Gasteiger partial charge >= 0.3 is 0 Å². The fourth-order valence-corrected chi connectivity index (χ4v) is 2.24. The predicted molar refractivity (Wildman–Crippen MR) is 79.7 cm³/mol. The second kappa shape index (κ2) is 5.17. The van der Waals surface area contributed by atoms with E-state index in [1.54, 1.807) is 7.11 Å². The van der Waals surface area contributed by atoms with E-state index >= 15 is 0 Å². The first-order valence-corrected chi connectivity index (χ1v) is 6.39. The standard InChI is InChI=1S/C16H15N3O/c1-3-12-8-9-16(20-2)13(10-12)11-19-15-7-5-4-6-14(15)17-18-19/h3-10H,1,11H2,2H3. The largest absolute Gasteiger partial charge is 0.496 e. The quantitative estimate of drug-likeness (QED) is 0.727. The molecule has 0 aliphatic heterocycles. The van der Waals surface area contributed by atoms with Gasteiger partial charge in [0, 0.05) is 5.56 Å². The van der Waals surface area contributed by atoms with Crippen molar-refractivity contribution in [3.63, 3.8) is 0 Å². The minimum absolute atomic E-state index is 0.616. The number of benzene rings is 2. The molecule has 20 heavy (non-hydrogen) atoms. The van der Waals surface area contributed by atoms with Crippen LogP contribution >= 0.6 is 0 Å². The third-order valence-electron chi connectivity index (χ3n) is 3.28. The molecule has 0 saturated carbocycles. The van der Waals surface area contributed by atoms with E-state index in [4.69, 9.17) is 4.74 Å². The number of fused-ring (bicyclic) bond motifs is 1. The van der Waals surface area contributed by atoms with Gasteiger partial charge in [-0.1, -0.05) is 36.1 Å². The SMILES string of the molecule is C=Cc1ccc(OC)c(Cn2nnc3ccccc32)c1. The van der Waals surface area contributed by atoms with Crippen molar-refractivity contribution in [2.75, 3.05) is 7.11 Å². The lowest BCUT2D eigenvalue weighted by Crippen LogP contribution is -2.04. The summed E-state index contributed by atoms with van der Waals surface area (Å²) < 4.78 is 7.28. The molecule has 0 atom stereocenters. The van der Waals surface area contributed by atoms with Gasteiger partial charge in [-0.25, -0.2) is 4.68 Å². The average Bonchev–Trinajstić information content (AvgIpc) is 2.90. The summed E-state index contributed by atoms with van der Waals surface area (Å²) in [6.45, 7) is 4.42. The summed E-state index contributed by atoms with van der Waals surface area (Å²) >= 11 is 0. The Balaban J connectivity index is 2.04. The molecular formula is C16H15N3O. The Bertz CT molecular complexity index is 761. The van der Waals surface area contributed by atoms with E-state index in [-0.39, 0.29) is 0 Å². The Hall–Kier alpha value is -2.62. The lowest BCUT2D eigenvalue weighted by atomic mass is 10.1. The second-order valence-corrected chi connectivity index (χ2v) is 4.51. The van der Waals surface area contributed by atoms with Gasteiger partial charge in [0.15, 0.2) is 0 Å². The molecule has 0 amide bonds. The van der Waals surface area contributed by atoms with Crippen LogP contribution in [0.4, 0.5) is 0 Å². The van der Waals surface area contributed by atoms with E-state index in [0.29, 0.717) is 6.54 Å². The van der Waals surface area contributed by atoms with Gasteiger partial charge in [-0.3, -0.25) is 0 Å². The minimum Gasteiger partial charge on any atom is -0.496 e. The maximum atomic E-state index is 5.41. The van der Waals surface area contributed by atoms with Crippen LogP contribution < -0.4 is 4.74 Å². The smallest absolute Gasteiger partial charge is 0.123 e. The number of aromatic nitrogens is 3. The van der Waals surface area contributed by atoms with Crippen LogP contribution in [0.15, 0.2) is 49.0 Å². The van der Waals surface area contributed by atoms with Gasteiger partial charge in [-0.2, -0.15) is 0 Å². The van der Waals surface area contributed by atoms with Crippen LogP contribution in [0.5, 0.6) is 5.75 Å². The fraction of sp³-hybridized carbons (Fsp3) is 0.125. The highest BCUT2D eigenvalue weighted by molar-refractivity contribution is 5.74. The molecule has 100 valence electrons. The Morgan fingerprint density at radius 1 is 1.25 bits per heavy atom. The van der Waals surface area contributed by atoms with Gasteiger partial charge in [0.1, 0.15) is 11.3 Å². The highest BCUT2D eigenvalue weighted by Gasteiger charge is 2.08. The van der Waals surface area contributed by atoms with Crippen LogP contribution in [-0.2, 0) is 6.54 Å². The van der Waals surface area contributed by atoms with Crippen LogP contribution in [0.2, 0.25) is 0 Å². The summed E-state index contributed by atoms with van der Waals surface area (Å²) in [5.41, 5.74) is 4.02. The Morgan fingerprint density at radius 2 is 2.10 bits per heavy atom. The van der Waals surface area contributed by atoms with Crippen molar-refractivity contribution in [2.24, 2.45) is 0 Å². The van der Waals surface area contributed by atoms with Gasteiger partial charge in [-0.05, 0) is 29.8 Å². The molecular weight excluding hydrogens is 250 g/mol. The third-order valence-corrected chi connectivity index (χ3v) is 3.28. The molecule has 0 bridgehead atoms. The van der Waals surface area contributed by atoms with Crippen LogP contribution in [0.1, 0.15) is 11.1 Å². The second-order valence-electron chi connectivity index (χ2n) is 4.51. The van der Waals surface area contributed by atoms with Crippen molar-refractivity contribution in [3.05, 3.63) is 60.2 Å². The maximum Gasteiger partial charge on any atom is 0.123 e. The summed E-state index contributed by atoms with van der Waals surface area (Å²) in [6.07, 6.45) is 1.82. The molecule has 1 aromatic heterocycles. The molecule has 0 aliphatic carbocycles. The first kappa shape index (κ1) is 12.4. The first-order chi connectivity index (χ1) is 9.81. The van der Waals surface area contributed by atoms with Gasteiger partial charge in [0.25, 0.3) is 0 Å². The van der Waals surface area contributed by atoms with Gasteiger partial charge in [-0.15, -0.1) is 5.10 Å². The molecule has 0 saturated heterocycles. The minimum atomic E-state index is 0.616. The molecule has 2 aromatic carbocycles. The zero-order chi connectivity index (χ0) is 13.9. The molecule has 3 aromatic rings. The van der Waals surface area contributed by atoms with E-state index in [9.17, 15) is 0 Å². The van der Waals surface area contributed by atoms with Crippen LogP contribution in [0, 0.1) is 0 Å². The highest BCUT2D eigenvalue weighted by atomic mass is 16.5. The van der Waals surface area contributed by atoms with E-state index < -0.39 is 0 Å². The lowest BCUT2D eigenvalue weighted by molar-refractivity contribution is 0.407. The van der Waals surface area contributed by atoms with Crippen molar-refractivity contribution in [1.29, 1.82) is 0 Å². The summed E-state index contributed by atoms with van der Waals surface area (Å²) in [5.74, 6) is 0.843. The predicted octanol–water partition coefficient (Wildman–Crippen LogP) is 3.13. The Morgan fingerprint density at radius 3 is 2.90 bits per heavy atom. The fourth-order valence-electron chi connectivity index (χ4n) is 2.24. The van der Waals surface area contributed by atoms with Crippen LogP contribution in [-0.4, -0.2) is 22.1 Å². The van der Waals surface area contributed by atoms with E-state index in [0.717, 1.165) is 27.9 Å². The number of nitrogens with zero attached hydrogens (tertiary/aromatic N) is 3. The molecule has 1 heterocycles. The maximum absolute atomic E-state index is 5.41. The number of ether oxygens (including phenoxy) is 1. The lowest BCUT2D eigenvalue weighted by Gasteiger charge is -2.10. The average molecular weight is 265 g/mol. The summed E-state index contributed by atoms with van der Waals surface area (Å²) in [4.78, 5) is 0. The number of hydrogen-bond donors (Lipinski definition) is 0. The van der Waals surface area contributed by atoms with Gasteiger partial charge in [0.05, 0.1) is 19.2 Å². The zero-order valence-corrected chi connectivity index (χ0v) is 11.3. The number of rotatable bonds is 4. The summed E-state index contributed by atoms with van der Waals surface area (Å²) in [5, 5.41) is 8.37. The van der Waals surface area contributed by atoms with E-state index in [2.05, 4.69) is 23.0 Å². The highest BCUT2D eigenvalue weighted by Crippen LogP contribution is 2.22. The molecule has 4 heteroatoms. The molecule has 4 nitrogen and oxygen atoms in total. The van der Waals surface area contributed by atoms with Crippen LogP contribution in [0.25, 0.3) is 17.1 Å². The van der Waals surface area contributed by atoms with E-state index in [1.165, 1.54) is 0 Å². The van der Waals surface area contributed by atoms with Crippen molar-refractivity contribution in [1.82, 2.24) is 15.0 Å². The molecule has 0 aliphatic rings. The van der Waals surface area contributed by atoms with Gasteiger partial charge in [0.2, 0.25) is 0 Å². The third kappa shape index (κ3) is 2.16. The van der Waals surface area contributed by atoms with Crippen molar-refractivity contribution >= 4 is 17.1 Å². The molecule has 0 radical (unpaired) electrons. The number of hydrogen-bond acceptors (Lipinski definition) is 3. The van der Waals surface area contributed by atoms with Crippen molar-refractivity contribution in [3.8, 4) is 5.75 Å². The molecule has 0 fully saturated rings.